The zero-order chi connectivity index (χ0) is 9.14. The van der Waals surface area contributed by atoms with Crippen LogP contribution in [0.25, 0.3) is 0 Å². The van der Waals surface area contributed by atoms with Gasteiger partial charge < -0.3 is 5.73 Å². The SMILES string of the molecule is NCc1cc([N+](=O)[O-])cc(Br)n1. The molecule has 6 heteroatoms. The van der Waals surface area contributed by atoms with Crippen LogP contribution in [0.1, 0.15) is 5.69 Å². The van der Waals surface area contributed by atoms with Gasteiger partial charge in [0.05, 0.1) is 10.6 Å². The van der Waals surface area contributed by atoms with Crippen molar-refractivity contribution in [1.82, 2.24) is 4.98 Å². The highest BCUT2D eigenvalue weighted by Crippen LogP contribution is 2.17. The van der Waals surface area contributed by atoms with Crippen molar-refractivity contribution in [3.05, 3.63) is 32.5 Å². The van der Waals surface area contributed by atoms with Crippen LogP contribution in [0, 0.1) is 10.1 Å². The normalized spacial score (nSPS) is 9.83. The number of nitrogens with two attached hydrogens (primary N) is 1. The van der Waals surface area contributed by atoms with Crippen molar-refractivity contribution in [2.24, 2.45) is 5.73 Å². The van der Waals surface area contributed by atoms with Crippen molar-refractivity contribution >= 4 is 21.6 Å². The summed E-state index contributed by atoms with van der Waals surface area (Å²) in [7, 11) is 0. The van der Waals surface area contributed by atoms with Crippen LogP contribution in [0.2, 0.25) is 0 Å². The van der Waals surface area contributed by atoms with Gasteiger partial charge in [-0.15, -0.1) is 0 Å². The quantitative estimate of drug-likeness (QED) is 0.472. The smallest absolute Gasteiger partial charge is 0.274 e. The van der Waals surface area contributed by atoms with E-state index in [1.807, 2.05) is 0 Å². The Kier molecular flexibility index (Phi) is 2.72. The topological polar surface area (TPSA) is 82.0 Å². The van der Waals surface area contributed by atoms with Gasteiger partial charge >= 0.3 is 0 Å². The fourth-order valence-electron chi connectivity index (χ4n) is 0.746. The van der Waals surface area contributed by atoms with Crippen molar-refractivity contribution < 1.29 is 4.92 Å². The second-order valence-electron chi connectivity index (χ2n) is 2.10. The molecular formula is C6H6BrN3O2. The summed E-state index contributed by atoms with van der Waals surface area (Å²) in [5.74, 6) is 0. The highest BCUT2D eigenvalue weighted by atomic mass is 79.9. The van der Waals surface area contributed by atoms with Crippen LogP contribution in [0.15, 0.2) is 16.7 Å². The first-order valence-corrected chi connectivity index (χ1v) is 3.93. The molecule has 0 unspecified atom stereocenters. The standard InChI is InChI=1S/C6H6BrN3O2/c7-6-2-5(10(11)12)1-4(3-8)9-6/h1-2H,3,8H2. The highest BCUT2D eigenvalue weighted by molar-refractivity contribution is 9.10. The molecule has 0 fully saturated rings. The van der Waals surface area contributed by atoms with E-state index in [1.165, 1.54) is 12.1 Å². The van der Waals surface area contributed by atoms with E-state index in [0.29, 0.717) is 10.3 Å². The molecule has 1 aromatic rings. The van der Waals surface area contributed by atoms with Gasteiger partial charge in [-0.1, -0.05) is 0 Å². The molecule has 0 bridgehead atoms. The molecule has 0 atom stereocenters. The lowest BCUT2D eigenvalue weighted by atomic mass is 10.3. The number of hydrogen-bond donors (Lipinski definition) is 1. The van der Waals surface area contributed by atoms with E-state index in [2.05, 4.69) is 20.9 Å². The average molecular weight is 232 g/mol. The summed E-state index contributed by atoms with van der Waals surface area (Å²) in [4.78, 5) is 13.8. The summed E-state index contributed by atoms with van der Waals surface area (Å²) >= 11 is 3.05. The molecular weight excluding hydrogens is 226 g/mol. The van der Waals surface area contributed by atoms with Crippen molar-refractivity contribution in [3.8, 4) is 0 Å². The Morgan fingerprint density at radius 3 is 2.83 bits per heavy atom. The highest BCUT2D eigenvalue weighted by Gasteiger charge is 2.08. The molecule has 1 aromatic heterocycles. The summed E-state index contributed by atoms with van der Waals surface area (Å²) < 4.78 is 0.428. The molecule has 12 heavy (non-hydrogen) atoms. The monoisotopic (exact) mass is 231 g/mol. The molecule has 0 radical (unpaired) electrons. The third-order valence-corrected chi connectivity index (χ3v) is 1.66. The largest absolute Gasteiger partial charge is 0.325 e. The molecule has 0 aliphatic heterocycles. The molecule has 0 saturated carbocycles. The van der Waals surface area contributed by atoms with Crippen LogP contribution in [-0.2, 0) is 6.54 Å². The first-order valence-electron chi connectivity index (χ1n) is 3.14. The zero-order valence-corrected chi connectivity index (χ0v) is 7.61. The summed E-state index contributed by atoms with van der Waals surface area (Å²) in [6.07, 6.45) is 0. The Bertz CT molecular complexity index is 316. The fraction of sp³-hybridized carbons (Fsp3) is 0.167. The number of nitro groups is 1. The van der Waals surface area contributed by atoms with Crippen molar-refractivity contribution in [1.29, 1.82) is 0 Å². The molecule has 0 aliphatic rings. The molecule has 0 spiro atoms. The van der Waals surface area contributed by atoms with Gasteiger partial charge in [-0.25, -0.2) is 4.98 Å². The minimum Gasteiger partial charge on any atom is -0.325 e. The molecule has 0 saturated heterocycles. The van der Waals surface area contributed by atoms with Gasteiger partial charge in [-0.2, -0.15) is 0 Å². The molecule has 1 rings (SSSR count). The lowest BCUT2D eigenvalue weighted by Gasteiger charge is -1.96. The molecule has 0 amide bonds. The Morgan fingerprint density at radius 1 is 1.67 bits per heavy atom. The minimum atomic E-state index is -0.481. The van der Waals surface area contributed by atoms with E-state index in [0.717, 1.165) is 0 Å². The Labute approximate surface area is 76.9 Å². The van der Waals surface area contributed by atoms with Gasteiger partial charge in [-0.05, 0) is 15.9 Å². The average Bonchev–Trinajstić information content (AvgIpc) is 2.03. The second-order valence-corrected chi connectivity index (χ2v) is 2.91. The first-order chi connectivity index (χ1) is 5.63. The van der Waals surface area contributed by atoms with E-state index in [-0.39, 0.29) is 12.2 Å². The molecule has 2 N–H and O–H groups in total. The number of hydrogen-bond acceptors (Lipinski definition) is 4. The van der Waals surface area contributed by atoms with Crippen molar-refractivity contribution in [3.63, 3.8) is 0 Å². The summed E-state index contributed by atoms with van der Waals surface area (Å²) in [5, 5.41) is 10.3. The van der Waals surface area contributed by atoms with Crippen molar-refractivity contribution in [2.75, 3.05) is 0 Å². The van der Waals surface area contributed by atoms with E-state index in [4.69, 9.17) is 5.73 Å². The van der Waals surface area contributed by atoms with E-state index < -0.39 is 4.92 Å². The molecule has 1 heterocycles. The van der Waals surface area contributed by atoms with Gasteiger partial charge in [0, 0.05) is 18.7 Å². The predicted octanol–water partition coefficient (Wildman–Crippen LogP) is 1.21. The first kappa shape index (κ1) is 9.08. The van der Waals surface area contributed by atoms with Crippen LogP contribution in [0.4, 0.5) is 5.69 Å². The lowest BCUT2D eigenvalue weighted by molar-refractivity contribution is -0.385. The van der Waals surface area contributed by atoms with Crippen LogP contribution in [0.5, 0.6) is 0 Å². The summed E-state index contributed by atoms with van der Waals surface area (Å²) in [6, 6.07) is 2.68. The van der Waals surface area contributed by atoms with Gasteiger partial charge in [0.15, 0.2) is 0 Å². The van der Waals surface area contributed by atoms with Crippen LogP contribution >= 0.6 is 15.9 Å². The Hall–Kier alpha value is -1.01. The Morgan fingerprint density at radius 2 is 2.33 bits per heavy atom. The zero-order valence-electron chi connectivity index (χ0n) is 6.03. The third kappa shape index (κ3) is 1.99. The van der Waals surface area contributed by atoms with Crippen LogP contribution in [-0.4, -0.2) is 9.91 Å². The maximum absolute atomic E-state index is 10.3. The van der Waals surface area contributed by atoms with Gasteiger partial charge in [-0.3, -0.25) is 10.1 Å². The summed E-state index contributed by atoms with van der Waals surface area (Å²) in [6.45, 7) is 0.195. The molecule has 5 nitrogen and oxygen atoms in total. The van der Waals surface area contributed by atoms with E-state index in [9.17, 15) is 10.1 Å². The third-order valence-electron chi connectivity index (χ3n) is 1.25. The number of rotatable bonds is 2. The number of nitrogens with zero attached hydrogens (tertiary/aromatic N) is 2. The maximum Gasteiger partial charge on any atom is 0.274 e. The molecule has 0 aromatic carbocycles. The van der Waals surface area contributed by atoms with Crippen LogP contribution < -0.4 is 5.73 Å². The number of pyridine rings is 1. The minimum absolute atomic E-state index is 0.00248. The molecule has 0 aliphatic carbocycles. The molecule has 64 valence electrons. The van der Waals surface area contributed by atoms with E-state index in [1.54, 1.807) is 0 Å². The van der Waals surface area contributed by atoms with Crippen LogP contribution in [0.3, 0.4) is 0 Å². The number of aromatic nitrogens is 1. The number of halogens is 1. The van der Waals surface area contributed by atoms with Gasteiger partial charge in [0.25, 0.3) is 5.69 Å². The Balaban J connectivity index is 3.15. The summed E-state index contributed by atoms with van der Waals surface area (Å²) in [5.41, 5.74) is 5.78. The van der Waals surface area contributed by atoms with E-state index >= 15 is 0 Å². The predicted molar refractivity (Wildman–Crippen MR) is 46.5 cm³/mol. The van der Waals surface area contributed by atoms with Gasteiger partial charge in [0.2, 0.25) is 0 Å². The fourth-order valence-corrected chi connectivity index (χ4v) is 1.21. The lowest BCUT2D eigenvalue weighted by Crippen LogP contribution is -2.01. The maximum atomic E-state index is 10.3. The van der Waals surface area contributed by atoms with Gasteiger partial charge in [0.1, 0.15) is 4.60 Å². The van der Waals surface area contributed by atoms with Crippen molar-refractivity contribution in [2.45, 2.75) is 6.54 Å². The second kappa shape index (κ2) is 3.59.